The Kier molecular flexibility index (Phi) is 7.71. The van der Waals surface area contributed by atoms with E-state index in [1.807, 2.05) is 12.3 Å². The molecule has 10 rings (SSSR count). The Morgan fingerprint density at radius 3 is 1.96 bits per heavy atom. The monoisotopic (exact) mass is 688 g/mol. The Balaban J connectivity index is 1.02. The summed E-state index contributed by atoms with van der Waals surface area (Å²) in [6.07, 6.45) is 8.07. The molecule has 0 amide bonds. The number of nitrogens with zero attached hydrogens (tertiary/aromatic N) is 4. The fraction of sp³-hybridized carbons (Fsp3) is 0.146. The van der Waals surface area contributed by atoms with Crippen LogP contribution in [0.1, 0.15) is 43.2 Å². The third kappa shape index (κ3) is 5.43. The first-order chi connectivity index (χ1) is 26.2. The van der Waals surface area contributed by atoms with Crippen LogP contribution in [0.25, 0.3) is 27.6 Å². The first-order valence-electron chi connectivity index (χ1n) is 18.8. The minimum absolute atomic E-state index is 0.0107. The van der Waals surface area contributed by atoms with Gasteiger partial charge < -0.3 is 14.5 Å². The van der Waals surface area contributed by atoms with Crippen molar-refractivity contribution in [3.8, 4) is 17.3 Å². The van der Waals surface area contributed by atoms with E-state index in [9.17, 15) is 0 Å². The van der Waals surface area contributed by atoms with E-state index < -0.39 is 0 Å². The Morgan fingerprint density at radius 2 is 1.15 bits per heavy atom. The Hall–Kier alpha value is -6.33. The van der Waals surface area contributed by atoms with Gasteiger partial charge >= 0.3 is 0 Å². The van der Waals surface area contributed by atoms with Crippen LogP contribution in [-0.4, -0.2) is 16.2 Å². The fourth-order valence-corrected chi connectivity index (χ4v) is 8.87. The van der Waals surface area contributed by atoms with Gasteiger partial charge in [0.15, 0.2) is 0 Å². The van der Waals surface area contributed by atoms with E-state index in [2.05, 4.69) is 172 Å². The van der Waals surface area contributed by atoms with Crippen molar-refractivity contribution < 1.29 is 4.74 Å². The SMILES string of the molecule is c1ccc(N2CN(c3cccc(Oc4ccc5c6ccccc6n(-c6cc(C7(c8ccccc8)CCCCC7)ccn6)c5c4)c3)c3ccccc32)cc1. The number of anilines is 4. The number of benzene rings is 6. The predicted molar refractivity (Wildman–Crippen MR) is 217 cm³/mol. The maximum absolute atomic E-state index is 6.69. The third-order valence-electron chi connectivity index (χ3n) is 11.4. The molecule has 0 unspecified atom stereocenters. The molecule has 6 aromatic carbocycles. The van der Waals surface area contributed by atoms with Gasteiger partial charge in [0.1, 0.15) is 24.0 Å². The molecule has 0 atom stereocenters. The molecule has 5 nitrogen and oxygen atoms in total. The van der Waals surface area contributed by atoms with Crippen LogP contribution in [0.15, 0.2) is 170 Å². The molecule has 0 N–H and O–H groups in total. The molecule has 0 spiro atoms. The summed E-state index contributed by atoms with van der Waals surface area (Å²) in [4.78, 5) is 9.74. The van der Waals surface area contributed by atoms with Gasteiger partial charge in [0.2, 0.25) is 0 Å². The number of fused-ring (bicyclic) bond motifs is 4. The van der Waals surface area contributed by atoms with Gasteiger partial charge in [-0.15, -0.1) is 0 Å². The molecule has 2 aromatic heterocycles. The predicted octanol–water partition coefficient (Wildman–Crippen LogP) is 12.5. The molecule has 0 saturated heterocycles. The molecule has 3 heterocycles. The number of hydrogen-bond donors (Lipinski definition) is 0. The molecular weight excluding hydrogens is 649 g/mol. The van der Waals surface area contributed by atoms with Crippen LogP contribution in [0.4, 0.5) is 22.7 Å². The number of rotatable bonds is 7. The van der Waals surface area contributed by atoms with E-state index >= 15 is 0 Å². The van der Waals surface area contributed by atoms with Gasteiger partial charge in [0.05, 0.1) is 22.4 Å². The fourth-order valence-electron chi connectivity index (χ4n) is 8.87. The summed E-state index contributed by atoms with van der Waals surface area (Å²) in [5, 5.41) is 2.38. The molecule has 0 radical (unpaired) electrons. The highest BCUT2D eigenvalue weighted by atomic mass is 16.5. The first-order valence-corrected chi connectivity index (χ1v) is 18.8. The summed E-state index contributed by atoms with van der Waals surface area (Å²) in [7, 11) is 0. The summed E-state index contributed by atoms with van der Waals surface area (Å²) in [6.45, 7) is 0.719. The van der Waals surface area contributed by atoms with Crippen molar-refractivity contribution >= 4 is 44.6 Å². The number of hydrogen-bond acceptors (Lipinski definition) is 4. The molecule has 1 fully saturated rings. The normalized spacial score (nSPS) is 15.2. The minimum atomic E-state index is -0.0107. The van der Waals surface area contributed by atoms with Gasteiger partial charge in [-0.05, 0) is 90.7 Å². The summed E-state index contributed by atoms with van der Waals surface area (Å²) in [6, 6.07) is 58.4. The topological polar surface area (TPSA) is 33.5 Å². The summed E-state index contributed by atoms with van der Waals surface area (Å²) in [5.41, 5.74) is 9.58. The van der Waals surface area contributed by atoms with E-state index in [1.165, 1.54) is 58.2 Å². The van der Waals surface area contributed by atoms with Gasteiger partial charge in [-0.3, -0.25) is 4.57 Å². The standard InChI is InChI=1S/C48H40N4O/c1-4-15-35(16-5-1)48(28-12-3-13-29-48)36-27-30-49-47(31-36)52-43-22-9-8-21-41(43)42-26-25-40(33-46(42)52)53-39-20-14-19-38(32-39)51-34-50(37-17-6-2-7-18-37)44-23-10-11-24-45(44)51/h1-2,4-11,14-27,30-33H,3,12-13,28-29,34H2. The van der Waals surface area contributed by atoms with Gasteiger partial charge in [0, 0.05) is 45.9 Å². The lowest BCUT2D eigenvalue weighted by Crippen LogP contribution is -2.30. The highest BCUT2D eigenvalue weighted by molar-refractivity contribution is 6.09. The molecule has 0 bridgehead atoms. The average Bonchev–Trinajstić information content (AvgIpc) is 3.78. The maximum Gasteiger partial charge on any atom is 0.137 e. The number of para-hydroxylation sites is 4. The quantitative estimate of drug-likeness (QED) is 0.167. The van der Waals surface area contributed by atoms with Crippen molar-refractivity contribution in [1.82, 2.24) is 9.55 Å². The van der Waals surface area contributed by atoms with Crippen LogP contribution in [0.3, 0.4) is 0 Å². The number of ether oxygens (including phenoxy) is 1. The van der Waals surface area contributed by atoms with Gasteiger partial charge in [-0.2, -0.15) is 0 Å². The zero-order valence-electron chi connectivity index (χ0n) is 29.6. The third-order valence-corrected chi connectivity index (χ3v) is 11.4. The first kappa shape index (κ1) is 31.4. The van der Waals surface area contributed by atoms with Crippen molar-refractivity contribution in [1.29, 1.82) is 0 Å². The molecule has 53 heavy (non-hydrogen) atoms. The van der Waals surface area contributed by atoms with Crippen LogP contribution in [0.5, 0.6) is 11.5 Å². The van der Waals surface area contributed by atoms with Crippen molar-refractivity contribution in [3.63, 3.8) is 0 Å². The van der Waals surface area contributed by atoms with E-state index in [1.54, 1.807) is 0 Å². The second-order valence-electron chi connectivity index (χ2n) is 14.4. The highest BCUT2D eigenvalue weighted by Crippen LogP contribution is 2.47. The van der Waals surface area contributed by atoms with Crippen molar-refractivity contribution in [3.05, 3.63) is 181 Å². The zero-order chi connectivity index (χ0) is 35.2. The number of pyridine rings is 1. The Labute approximate surface area is 310 Å². The van der Waals surface area contributed by atoms with Crippen LogP contribution >= 0.6 is 0 Å². The lowest BCUT2D eigenvalue weighted by Gasteiger charge is -2.38. The van der Waals surface area contributed by atoms with Crippen LogP contribution < -0.4 is 14.5 Å². The van der Waals surface area contributed by atoms with Crippen LogP contribution in [0.2, 0.25) is 0 Å². The summed E-state index contributed by atoms with van der Waals surface area (Å²) < 4.78 is 9.01. The second-order valence-corrected chi connectivity index (χ2v) is 14.4. The van der Waals surface area contributed by atoms with E-state index in [0.717, 1.165) is 53.5 Å². The van der Waals surface area contributed by atoms with Crippen molar-refractivity contribution in [2.45, 2.75) is 37.5 Å². The minimum Gasteiger partial charge on any atom is -0.457 e. The molecule has 258 valence electrons. The molecule has 8 aromatic rings. The molecular formula is C48H40N4O. The average molecular weight is 689 g/mol. The second kappa shape index (κ2) is 13.0. The molecule has 5 heteroatoms. The molecule has 1 aliphatic heterocycles. The highest BCUT2D eigenvalue weighted by Gasteiger charge is 2.36. The Morgan fingerprint density at radius 1 is 0.491 bits per heavy atom. The van der Waals surface area contributed by atoms with Gasteiger partial charge in [-0.25, -0.2) is 4.98 Å². The Bertz CT molecular complexity index is 2570. The maximum atomic E-state index is 6.69. The molecule has 1 aliphatic carbocycles. The van der Waals surface area contributed by atoms with E-state index in [4.69, 9.17) is 9.72 Å². The lowest BCUT2D eigenvalue weighted by atomic mass is 9.65. The lowest BCUT2D eigenvalue weighted by molar-refractivity contribution is 0.345. The van der Waals surface area contributed by atoms with Crippen LogP contribution in [-0.2, 0) is 5.41 Å². The van der Waals surface area contributed by atoms with Crippen molar-refractivity contribution in [2.75, 3.05) is 16.5 Å². The van der Waals surface area contributed by atoms with Gasteiger partial charge in [-0.1, -0.05) is 104 Å². The summed E-state index contributed by atoms with van der Waals surface area (Å²) >= 11 is 0. The summed E-state index contributed by atoms with van der Waals surface area (Å²) in [5.74, 6) is 2.52. The molecule has 1 saturated carbocycles. The van der Waals surface area contributed by atoms with Gasteiger partial charge in [0.25, 0.3) is 0 Å². The zero-order valence-corrected chi connectivity index (χ0v) is 29.6. The molecule has 2 aliphatic rings. The van der Waals surface area contributed by atoms with E-state index in [0.29, 0.717) is 0 Å². The van der Waals surface area contributed by atoms with Crippen LogP contribution in [0, 0.1) is 0 Å². The number of aromatic nitrogens is 2. The smallest absolute Gasteiger partial charge is 0.137 e. The van der Waals surface area contributed by atoms with E-state index in [-0.39, 0.29) is 5.41 Å². The van der Waals surface area contributed by atoms with Crippen molar-refractivity contribution in [2.24, 2.45) is 0 Å². The largest absolute Gasteiger partial charge is 0.457 e.